The van der Waals surface area contributed by atoms with E-state index in [1.54, 1.807) is 0 Å². The molecule has 7 amide bonds. The van der Waals surface area contributed by atoms with E-state index in [1.807, 2.05) is 0 Å². The van der Waals surface area contributed by atoms with Crippen LogP contribution in [0.2, 0.25) is 0 Å². The first-order chi connectivity index (χ1) is 33.2. The number of ketones is 1. The first-order valence-electron chi connectivity index (χ1n) is 24.6. The molecule has 1 unspecified atom stereocenters. The van der Waals surface area contributed by atoms with Crippen LogP contribution in [0.1, 0.15) is 123 Å². The topological polar surface area (TPSA) is 345 Å². The summed E-state index contributed by atoms with van der Waals surface area (Å²) in [6.45, 7) is 4.44. The zero-order chi connectivity index (χ0) is 51.8. The van der Waals surface area contributed by atoms with Crippen molar-refractivity contribution in [2.75, 3.05) is 26.2 Å². The minimum atomic E-state index is -2.24. The average Bonchev–Trinajstić information content (AvgIpc) is 3.87. The second-order valence-corrected chi connectivity index (χ2v) is 19.2. The molecule has 0 aromatic heterocycles. The number of phenols is 1. The maximum absolute atomic E-state index is 14.2. The zero-order valence-electron chi connectivity index (χ0n) is 40.6. The summed E-state index contributed by atoms with van der Waals surface area (Å²) in [4.78, 5) is 113. The molecule has 0 saturated carbocycles. The fourth-order valence-electron chi connectivity index (χ4n) is 9.04. The predicted molar refractivity (Wildman–Crippen MR) is 251 cm³/mol. The molecule has 13 atom stereocenters. The van der Waals surface area contributed by atoms with Crippen molar-refractivity contribution in [3.8, 4) is 5.75 Å². The van der Waals surface area contributed by atoms with Crippen LogP contribution < -0.4 is 26.6 Å². The van der Waals surface area contributed by atoms with Crippen molar-refractivity contribution < 1.29 is 74.1 Å². The van der Waals surface area contributed by atoms with Gasteiger partial charge in [-0.05, 0) is 37.0 Å². The number of aliphatic hydroxyl groups is 6. The first kappa shape index (κ1) is 57.3. The summed E-state index contributed by atoms with van der Waals surface area (Å²) < 4.78 is 0. The van der Waals surface area contributed by atoms with Crippen LogP contribution in [0.3, 0.4) is 0 Å². The molecule has 22 heteroatoms. The number of fused-ring (bicyclic) bond motifs is 2. The van der Waals surface area contributed by atoms with Gasteiger partial charge in [0.1, 0.15) is 54.2 Å². The second kappa shape index (κ2) is 27.4. The molecule has 0 aliphatic carbocycles. The maximum atomic E-state index is 14.2. The fraction of sp³-hybridized carbons (Fsp3) is 0.708. The lowest BCUT2D eigenvalue weighted by molar-refractivity contribution is -0.147. The molecule has 3 saturated heterocycles. The van der Waals surface area contributed by atoms with E-state index in [4.69, 9.17) is 0 Å². The van der Waals surface area contributed by atoms with E-state index in [0.717, 1.165) is 54.7 Å². The highest BCUT2D eigenvalue weighted by molar-refractivity contribution is 6.00. The van der Waals surface area contributed by atoms with E-state index in [2.05, 4.69) is 40.4 Å². The molecule has 1 aromatic rings. The Morgan fingerprint density at radius 1 is 0.771 bits per heavy atom. The smallest absolute Gasteiger partial charge is 0.248 e. The SMILES string of the molecule is CCC(C)CCCCCCCCCCC(=O)N[C@H]1CC(=O)CNC(=O)[C@@H]2[C@@H](O)[C@@H](C)CN2C(=O)[C@H](CO)NC(=O)[C@H]([C@H](O)[C@H](O)c2ccc(O)cc2)NC(=O)[C@@H]2C[C@@H](O)CN2C(=O)[C@H]([C@@H](C)O)NC1=O. The number of hydrogen-bond donors (Lipinski definition) is 12. The Bertz CT molecular complexity index is 1960. The summed E-state index contributed by atoms with van der Waals surface area (Å²) in [6.07, 6.45) is 0.0786. The molecule has 22 nitrogen and oxygen atoms in total. The van der Waals surface area contributed by atoms with Gasteiger partial charge in [0, 0.05) is 38.3 Å². The van der Waals surface area contributed by atoms with Crippen LogP contribution >= 0.6 is 0 Å². The molecule has 12 N–H and O–H groups in total. The molecular formula is C48H75N7O15. The number of phenolic OH excluding ortho intramolecular Hbond substituents is 1. The van der Waals surface area contributed by atoms with Gasteiger partial charge in [0.15, 0.2) is 5.78 Å². The Morgan fingerprint density at radius 3 is 2.00 bits per heavy atom. The van der Waals surface area contributed by atoms with Crippen LogP contribution in [-0.2, 0) is 38.4 Å². The predicted octanol–water partition coefficient (Wildman–Crippen LogP) is -1.70. The molecule has 70 heavy (non-hydrogen) atoms. The minimum Gasteiger partial charge on any atom is -0.508 e. The standard InChI is InChI=1S/C48H75N7O15/c1-5-26(2)14-12-10-8-6-7-9-11-13-15-36(61)50-33-20-31(59)22-49-46(68)39-40(62)27(3)23-55(39)47(69)34(25-56)51-45(67)38(42(64)41(63)29-16-18-30(58)19-17-29)53-44(66)35-21-32(60)24-54(35)48(70)37(28(4)57)52-43(33)65/h16-19,26-28,32-35,37-42,56-58,60,62-64H,5-15,20-25H2,1-4H3,(H,49,68)(H,50,61)(H,51,67)(H,52,65)(H,53,66)/t26?,27-,28+,32+,33-,34-,35-,37-,38-,39-,40-,41+,42-/m0/s1. The van der Waals surface area contributed by atoms with Gasteiger partial charge < -0.3 is 72.1 Å². The number of nitrogens with zero attached hydrogens (tertiary/aromatic N) is 2. The Kier molecular flexibility index (Phi) is 22.4. The van der Waals surface area contributed by atoms with Crippen LogP contribution in [0.4, 0.5) is 0 Å². The van der Waals surface area contributed by atoms with Gasteiger partial charge in [0.05, 0.1) is 31.5 Å². The normalized spacial score (nSPS) is 28.3. The Labute approximate surface area is 408 Å². The third-order valence-electron chi connectivity index (χ3n) is 13.6. The number of aliphatic hydroxyl groups excluding tert-OH is 6. The number of unbranched alkanes of at least 4 members (excludes halogenated alkanes) is 7. The van der Waals surface area contributed by atoms with Crippen LogP contribution in [0, 0.1) is 11.8 Å². The van der Waals surface area contributed by atoms with Gasteiger partial charge in [-0.3, -0.25) is 38.4 Å². The second-order valence-electron chi connectivity index (χ2n) is 19.2. The first-order valence-corrected chi connectivity index (χ1v) is 24.6. The summed E-state index contributed by atoms with van der Waals surface area (Å²) in [5.41, 5.74) is -0.0427. The summed E-state index contributed by atoms with van der Waals surface area (Å²) in [5, 5.41) is 87.4. The highest BCUT2D eigenvalue weighted by Crippen LogP contribution is 2.27. The highest BCUT2D eigenvalue weighted by atomic mass is 16.3. The van der Waals surface area contributed by atoms with Gasteiger partial charge in [-0.2, -0.15) is 0 Å². The minimum absolute atomic E-state index is 0.0136. The molecule has 3 aliphatic rings. The number of benzene rings is 1. The number of nitrogens with one attached hydrogen (secondary N) is 5. The molecule has 0 bridgehead atoms. The number of Topliss-reactive ketones (excluding diaryl/α,β-unsaturated/α-hetero) is 1. The van der Waals surface area contributed by atoms with Crippen LogP contribution in [0.15, 0.2) is 24.3 Å². The largest absolute Gasteiger partial charge is 0.508 e. The van der Waals surface area contributed by atoms with Crippen LogP contribution in [-0.4, -0.2) is 180 Å². The van der Waals surface area contributed by atoms with Crippen molar-refractivity contribution in [3.05, 3.63) is 29.8 Å². The Hall–Kier alpha value is -5.26. The Morgan fingerprint density at radius 2 is 1.39 bits per heavy atom. The number of rotatable bonds is 18. The maximum Gasteiger partial charge on any atom is 0.248 e. The average molecular weight is 990 g/mol. The van der Waals surface area contributed by atoms with Crippen molar-refractivity contribution in [1.29, 1.82) is 0 Å². The number of hydrogen-bond acceptors (Lipinski definition) is 15. The fourth-order valence-corrected chi connectivity index (χ4v) is 9.04. The van der Waals surface area contributed by atoms with E-state index in [0.29, 0.717) is 6.42 Å². The van der Waals surface area contributed by atoms with Crippen molar-refractivity contribution in [2.45, 2.75) is 178 Å². The summed E-state index contributed by atoms with van der Waals surface area (Å²) in [7, 11) is 0. The molecule has 3 heterocycles. The number of carbonyl (C=O) groups excluding carboxylic acids is 8. The van der Waals surface area contributed by atoms with Crippen molar-refractivity contribution in [1.82, 2.24) is 36.4 Å². The van der Waals surface area contributed by atoms with E-state index < -0.39 is 152 Å². The van der Waals surface area contributed by atoms with E-state index in [1.165, 1.54) is 56.9 Å². The molecule has 392 valence electrons. The highest BCUT2D eigenvalue weighted by Gasteiger charge is 2.49. The number of amides is 7. The molecule has 3 fully saturated rings. The molecule has 0 spiro atoms. The molecule has 4 rings (SSSR count). The quantitative estimate of drug-likeness (QED) is 0.0730. The molecule has 1 aromatic carbocycles. The van der Waals surface area contributed by atoms with Gasteiger partial charge in [-0.15, -0.1) is 0 Å². The van der Waals surface area contributed by atoms with Gasteiger partial charge in [-0.25, -0.2) is 0 Å². The summed E-state index contributed by atoms with van der Waals surface area (Å²) in [5.74, 6) is -8.49. The lowest BCUT2D eigenvalue weighted by Crippen LogP contribution is -2.63. The van der Waals surface area contributed by atoms with Crippen molar-refractivity contribution in [2.24, 2.45) is 11.8 Å². The van der Waals surface area contributed by atoms with Crippen molar-refractivity contribution >= 4 is 47.1 Å². The van der Waals surface area contributed by atoms with Gasteiger partial charge in [0.2, 0.25) is 41.4 Å². The van der Waals surface area contributed by atoms with Gasteiger partial charge in [-0.1, -0.05) is 90.7 Å². The van der Waals surface area contributed by atoms with Gasteiger partial charge in [0.25, 0.3) is 0 Å². The third-order valence-corrected chi connectivity index (χ3v) is 13.6. The summed E-state index contributed by atoms with van der Waals surface area (Å²) >= 11 is 0. The van der Waals surface area contributed by atoms with Gasteiger partial charge >= 0.3 is 0 Å². The van der Waals surface area contributed by atoms with Crippen LogP contribution in [0.5, 0.6) is 5.75 Å². The third kappa shape index (κ3) is 15.9. The molecule has 3 aliphatic heterocycles. The van der Waals surface area contributed by atoms with E-state index in [-0.39, 0.29) is 24.3 Å². The van der Waals surface area contributed by atoms with E-state index in [9.17, 15) is 74.1 Å². The monoisotopic (exact) mass is 990 g/mol. The summed E-state index contributed by atoms with van der Waals surface area (Å²) in [6, 6.07) is -6.11. The number of carbonyl (C=O) groups is 8. The lowest BCUT2D eigenvalue weighted by atomic mass is 9.97. The van der Waals surface area contributed by atoms with Crippen LogP contribution in [0.25, 0.3) is 0 Å². The molecular weight excluding hydrogens is 915 g/mol. The lowest BCUT2D eigenvalue weighted by Gasteiger charge is -2.33. The number of aromatic hydroxyl groups is 1. The van der Waals surface area contributed by atoms with Crippen molar-refractivity contribution in [3.63, 3.8) is 0 Å². The Balaban J connectivity index is 1.63. The molecule has 0 radical (unpaired) electrons. The zero-order valence-corrected chi connectivity index (χ0v) is 40.6. The van der Waals surface area contributed by atoms with E-state index >= 15 is 0 Å².